The van der Waals surface area contributed by atoms with Crippen LogP contribution in [-0.2, 0) is 0 Å². The fourth-order valence-electron chi connectivity index (χ4n) is 3.01. The number of nitrogens with two attached hydrogens (primary N) is 1. The fourth-order valence-corrected chi connectivity index (χ4v) is 3.47. The fraction of sp³-hybridized carbons (Fsp3) is 0.714. The van der Waals surface area contributed by atoms with Crippen LogP contribution in [0.3, 0.4) is 0 Å². The quantitative estimate of drug-likeness (QED) is 0.870. The Balaban J connectivity index is 2.01. The number of furan rings is 1. The zero-order chi connectivity index (χ0) is 13.8. The summed E-state index contributed by atoms with van der Waals surface area (Å²) >= 11 is 3.53. The summed E-state index contributed by atoms with van der Waals surface area (Å²) in [4.78, 5) is 4.88. The van der Waals surface area contributed by atoms with E-state index < -0.39 is 0 Å². The lowest BCUT2D eigenvalue weighted by Crippen LogP contribution is -2.41. The van der Waals surface area contributed by atoms with Gasteiger partial charge < -0.3 is 10.2 Å². The minimum Gasteiger partial charge on any atom is -0.466 e. The van der Waals surface area contributed by atoms with E-state index in [4.69, 9.17) is 10.2 Å². The van der Waals surface area contributed by atoms with Gasteiger partial charge in [0, 0.05) is 19.1 Å². The average molecular weight is 330 g/mol. The van der Waals surface area contributed by atoms with Gasteiger partial charge in [-0.1, -0.05) is 6.92 Å². The predicted molar refractivity (Wildman–Crippen MR) is 81.1 cm³/mol. The highest BCUT2D eigenvalue weighted by atomic mass is 79.9. The highest BCUT2D eigenvalue weighted by Crippen LogP contribution is 2.28. The molecule has 1 aromatic heterocycles. The minimum absolute atomic E-state index is 0.142. The first-order valence-corrected chi connectivity index (χ1v) is 7.83. The Kier molecular flexibility index (Phi) is 5.45. The van der Waals surface area contributed by atoms with E-state index in [1.54, 1.807) is 6.26 Å². The summed E-state index contributed by atoms with van der Waals surface area (Å²) < 4.78 is 6.58. The van der Waals surface area contributed by atoms with Gasteiger partial charge in [0.15, 0.2) is 0 Å². The zero-order valence-electron chi connectivity index (χ0n) is 11.8. The molecule has 1 aliphatic heterocycles. The third kappa shape index (κ3) is 3.40. The van der Waals surface area contributed by atoms with E-state index in [1.807, 2.05) is 6.07 Å². The van der Waals surface area contributed by atoms with E-state index >= 15 is 0 Å². The molecule has 0 amide bonds. The molecular weight excluding hydrogens is 306 g/mol. The molecule has 2 heterocycles. The SMILES string of the molecule is CCN1CCCC1CN(C)C(CN)c1occc1Br. The molecule has 0 bridgehead atoms. The second-order valence-electron chi connectivity index (χ2n) is 5.25. The molecule has 0 saturated carbocycles. The van der Waals surface area contributed by atoms with Gasteiger partial charge in [-0.3, -0.25) is 9.80 Å². The summed E-state index contributed by atoms with van der Waals surface area (Å²) in [5, 5.41) is 0. The first-order chi connectivity index (χ1) is 9.17. The number of hydrogen-bond acceptors (Lipinski definition) is 4. The topological polar surface area (TPSA) is 45.6 Å². The first-order valence-electron chi connectivity index (χ1n) is 7.04. The Labute approximate surface area is 124 Å². The molecule has 0 aromatic carbocycles. The minimum atomic E-state index is 0.142. The Bertz CT molecular complexity index is 396. The van der Waals surface area contributed by atoms with Gasteiger partial charge in [-0.05, 0) is 55.0 Å². The second kappa shape index (κ2) is 6.88. The van der Waals surface area contributed by atoms with Crippen molar-refractivity contribution in [2.24, 2.45) is 5.73 Å². The van der Waals surface area contributed by atoms with Crippen molar-refractivity contribution >= 4 is 15.9 Å². The molecule has 108 valence electrons. The summed E-state index contributed by atoms with van der Waals surface area (Å²) in [6, 6.07) is 2.72. The summed E-state index contributed by atoms with van der Waals surface area (Å²) in [6.07, 6.45) is 4.31. The van der Waals surface area contributed by atoms with Crippen molar-refractivity contribution < 1.29 is 4.42 Å². The number of nitrogens with zero attached hydrogens (tertiary/aromatic N) is 2. The van der Waals surface area contributed by atoms with E-state index in [0.29, 0.717) is 12.6 Å². The van der Waals surface area contributed by atoms with Crippen LogP contribution in [0.2, 0.25) is 0 Å². The summed E-state index contributed by atoms with van der Waals surface area (Å²) in [5.74, 6) is 0.936. The van der Waals surface area contributed by atoms with Crippen LogP contribution >= 0.6 is 15.9 Å². The lowest BCUT2D eigenvalue weighted by molar-refractivity contribution is 0.153. The van der Waals surface area contributed by atoms with Crippen molar-refractivity contribution in [1.82, 2.24) is 9.80 Å². The van der Waals surface area contributed by atoms with Crippen LogP contribution in [0.25, 0.3) is 0 Å². The maximum absolute atomic E-state index is 5.94. The highest BCUT2D eigenvalue weighted by Gasteiger charge is 2.28. The van der Waals surface area contributed by atoms with E-state index in [2.05, 4.69) is 39.7 Å². The normalized spacial score (nSPS) is 22.3. The Hall–Kier alpha value is -0.360. The van der Waals surface area contributed by atoms with Crippen molar-refractivity contribution in [3.05, 3.63) is 22.6 Å². The number of rotatable bonds is 6. The maximum Gasteiger partial charge on any atom is 0.136 e. The van der Waals surface area contributed by atoms with Gasteiger partial charge in [0.05, 0.1) is 16.8 Å². The molecule has 0 spiro atoms. The third-order valence-corrected chi connectivity index (χ3v) is 4.76. The second-order valence-corrected chi connectivity index (χ2v) is 6.10. The number of likely N-dealkylation sites (N-methyl/N-ethyl adjacent to an activating group) is 2. The monoisotopic (exact) mass is 329 g/mol. The van der Waals surface area contributed by atoms with Crippen LogP contribution in [0.4, 0.5) is 0 Å². The molecule has 1 aromatic rings. The van der Waals surface area contributed by atoms with Gasteiger partial charge in [0.2, 0.25) is 0 Å². The number of likely N-dealkylation sites (tertiary alicyclic amines) is 1. The highest BCUT2D eigenvalue weighted by molar-refractivity contribution is 9.10. The largest absolute Gasteiger partial charge is 0.466 e. The van der Waals surface area contributed by atoms with Crippen molar-refractivity contribution in [3.8, 4) is 0 Å². The zero-order valence-corrected chi connectivity index (χ0v) is 13.4. The summed E-state index contributed by atoms with van der Waals surface area (Å²) in [7, 11) is 2.14. The molecule has 2 rings (SSSR count). The molecule has 1 saturated heterocycles. The van der Waals surface area contributed by atoms with Crippen LogP contribution in [0, 0.1) is 0 Å². The molecule has 5 heteroatoms. The van der Waals surface area contributed by atoms with Crippen molar-refractivity contribution in [2.45, 2.75) is 31.8 Å². The number of halogens is 1. The van der Waals surface area contributed by atoms with Crippen LogP contribution in [0.5, 0.6) is 0 Å². The van der Waals surface area contributed by atoms with Crippen molar-refractivity contribution in [3.63, 3.8) is 0 Å². The Morgan fingerprint density at radius 2 is 2.42 bits per heavy atom. The van der Waals surface area contributed by atoms with Gasteiger partial charge in [-0.2, -0.15) is 0 Å². The van der Waals surface area contributed by atoms with E-state index in [0.717, 1.165) is 23.3 Å². The number of hydrogen-bond donors (Lipinski definition) is 1. The molecule has 4 nitrogen and oxygen atoms in total. The van der Waals surface area contributed by atoms with E-state index in [9.17, 15) is 0 Å². The van der Waals surface area contributed by atoms with Crippen molar-refractivity contribution in [1.29, 1.82) is 0 Å². The van der Waals surface area contributed by atoms with Gasteiger partial charge >= 0.3 is 0 Å². The van der Waals surface area contributed by atoms with Crippen LogP contribution in [0.1, 0.15) is 31.6 Å². The molecule has 2 atom stereocenters. The maximum atomic E-state index is 5.94. The molecule has 0 aliphatic carbocycles. The Morgan fingerprint density at radius 3 is 3.00 bits per heavy atom. The molecule has 1 fully saturated rings. The molecule has 0 radical (unpaired) electrons. The van der Waals surface area contributed by atoms with Crippen LogP contribution in [0.15, 0.2) is 21.2 Å². The molecular formula is C14H24BrN3O. The molecule has 19 heavy (non-hydrogen) atoms. The summed E-state index contributed by atoms with van der Waals surface area (Å²) in [6.45, 7) is 6.22. The first kappa shape index (κ1) is 15.0. The standard InChI is InChI=1S/C14H24BrN3O/c1-3-18-7-4-5-11(18)10-17(2)13(9-16)14-12(15)6-8-19-14/h6,8,11,13H,3-5,7,9-10,16H2,1-2H3. The van der Waals surface area contributed by atoms with Gasteiger partial charge in [0.25, 0.3) is 0 Å². The van der Waals surface area contributed by atoms with Crippen molar-refractivity contribution in [2.75, 3.05) is 33.2 Å². The smallest absolute Gasteiger partial charge is 0.136 e. The van der Waals surface area contributed by atoms with Gasteiger partial charge in [-0.25, -0.2) is 0 Å². The summed E-state index contributed by atoms with van der Waals surface area (Å²) in [5.41, 5.74) is 5.94. The van der Waals surface area contributed by atoms with Gasteiger partial charge in [-0.15, -0.1) is 0 Å². The molecule has 2 N–H and O–H groups in total. The lowest BCUT2D eigenvalue weighted by atomic mass is 10.1. The molecule has 1 aliphatic rings. The van der Waals surface area contributed by atoms with Crippen LogP contribution < -0.4 is 5.73 Å². The lowest BCUT2D eigenvalue weighted by Gasteiger charge is -2.31. The van der Waals surface area contributed by atoms with E-state index in [1.165, 1.54) is 19.4 Å². The van der Waals surface area contributed by atoms with E-state index in [-0.39, 0.29) is 6.04 Å². The third-order valence-electron chi connectivity index (χ3n) is 4.11. The predicted octanol–water partition coefficient (Wildman–Crippen LogP) is 2.46. The van der Waals surface area contributed by atoms with Gasteiger partial charge in [0.1, 0.15) is 5.76 Å². The molecule has 2 unspecified atom stereocenters. The Morgan fingerprint density at radius 1 is 1.63 bits per heavy atom. The van der Waals surface area contributed by atoms with Crippen LogP contribution in [-0.4, -0.2) is 49.1 Å². The average Bonchev–Trinajstić information content (AvgIpc) is 3.00.